The van der Waals surface area contributed by atoms with Crippen LogP contribution in [0.5, 0.6) is 0 Å². The first-order chi connectivity index (χ1) is 11.6. The molecule has 3 rings (SSSR count). The van der Waals surface area contributed by atoms with Crippen LogP contribution in [0, 0.1) is 0 Å². The van der Waals surface area contributed by atoms with E-state index in [0.29, 0.717) is 45.7 Å². The Bertz CT molecular complexity index is 574. The van der Waals surface area contributed by atoms with Gasteiger partial charge < -0.3 is 19.3 Å². The first kappa shape index (κ1) is 16.9. The van der Waals surface area contributed by atoms with E-state index in [-0.39, 0.29) is 18.4 Å². The summed E-state index contributed by atoms with van der Waals surface area (Å²) in [4.78, 5) is 27.8. The highest BCUT2D eigenvalue weighted by Crippen LogP contribution is 2.31. The molecule has 0 aromatic heterocycles. The molecule has 6 nitrogen and oxygen atoms in total. The third kappa shape index (κ3) is 3.94. The van der Waals surface area contributed by atoms with Crippen molar-refractivity contribution in [3.05, 3.63) is 35.9 Å². The molecular formula is C18H24N2O4. The zero-order valence-corrected chi connectivity index (χ0v) is 14.1. The molecule has 0 N–H and O–H groups in total. The smallest absolute Gasteiger partial charge is 0.242 e. The zero-order chi connectivity index (χ0) is 17.0. The SMILES string of the molecule is CC(=O)N(CC(=O)N1CCC2(CC1)OCCO2)Cc1ccccc1. The van der Waals surface area contributed by atoms with E-state index >= 15 is 0 Å². The van der Waals surface area contributed by atoms with Crippen molar-refractivity contribution in [3.8, 4) is 0 Å². The zero-order valence-electron chi connectivity index (χ0n) is 14.1. The Kier molecular flexibility index (Phi) is 5.16. The Morgan fingerprint density at radius 3 is 2.33 bits per heavy atom. The van der Waals surface area contributed by atoms with Crippen LogP contribution in [0.4, 0.5) is 0 Å². The van der Waals surface area contributed by atoms with E-state index < -0.39 is 5.79 Å². The van der Waals surface area contributed by atoms with Crippen LogP contribution in [-0.4, -0.2) is 60.2 Å². The molecule has 0 saturated carbocycles. The molecule has 0 aliphatic carbocycles. The van der Waals surface area contributed by atoms with E-state index in [1.807, 2.05) is 30.3 Å². The summed E-state index contributed by atoms with van der Waals surface area (Å²) in [5.74, 6) is -0.599. The highest BCUT2D eigenvalue weighted by atomic mass is 16.7. The van der Waals surface area contributed by atoms with Gasteiger partial charge in [0.15, 0.2) is 5.79 Å². The summed E-state index contributed by atoms with van der Waals surface area (Å²) in [5.41, 5.74) is 1.02. The van der Waals surface area contributed by atoms with Crippen LogP contribution >= 0.6 is 0 Å². The Morgan fingerprint density at radius 1 is 1.12 bits per heavy atom. The number of hydrogen-bond donors (Lipinski definition) is 0. The van der Waals surface area contributed by atoms with Crippen molar-refractivity contribution in [2.45, 2.75) is 32.1 Å². The van der Waals surface area contributed by atoms with Gasteiger partial charge in [-0.2, -0.15) is 0 Å². The number of piperidine rings is 1. The second-order valence-electron chi connectivity index (χ2n) is 6.35. The van der Waals surface area contributed by atoms with Gasteiger partial charge in [-0.1, -0.05) is 30.3 Å². The maximum absolute atomic E-state index is 12.6. The summed E-state index contributed by atoms with van der Waals surface area (Å²) in [6.45, 7) is 4.53. The minimum Gasteiger partial charge on any atom is -0.347 e. The maximum Gasteiger partial charge on any atom is 0.242 e. The van der Waals surface area contributed by atoms with Gasteiger partial charge in [0.25, 0.3) is 0 Å². The number of carbonyl (C=O) groups excluding carboxylic acids is 2. The molecule has 2 heterocycles. The average molecular weight is 332 g/mol. The predicted octanol–water partition coefficient (Wildman–Crippen LogP) is 1.40. The van der Waals surface area contributed by atoms with Crippen molar-refractivity contribution in [2.24, 2.45) is 0 Å². The molecule has 0 radical (unpaired) electrons. The molecule has 2 amide bonds. The van der Waals surface area contributed by atoms with Crippen molar-refractivity contribution < 1.29 is 19.1 Å². The van der Waals surface area contributed by atoms with Gasteiger partial charge in [-0.15, -0.1) is 0 Å². The number of amides is 2. The van der Waals surface area contributed by atoms with E-state index in [1.54, 1.807) is 9.80 Å². The lowest BCUT2D eigenvalue weighted by Crippen LogP contribution is -2.50. The third-order valence-electron chi connectivity index (χ3n) is 4.68. The minimum atomic E-state index is -0.485. The lowest BCUT2D eigenvalue weighted by molar-refractivity contribution is -0.187. The Labute approximate surface area is 142 Å². The Morgan fingerprint density at radius 2 is 1.75 bits per heavy atom. The number of nitrogens with zero attached hydrogens (tertiary/aromatic N) is 2. The molecule has 2 fully saturated rings. The largest absolute Gasteiger partial charge is 0.347 e. The van der Waals surface area contributed by atoms with Crippen LogP contribution < -0.4 is 0 Å². The minimum absolute atomic E-state index is 0.0195. The maximum atomic E-state index is 12.6. The van der Waals surface area contributed by atoms with Crippen LogP contribution in [-0.2, 0) is 25.6 Å². The van der Waals surface area contributed by atoms with Crippen LogP contribution in [0.25, 0.3) is 0 Å². The Balaban J connectivity index is 1.55. The molecule has 2 aliphatic rings. The molecule has 6 heteroatoms. The molecule has 2 aliphatic heterocycles. The average Bonchev–Trinajstić information content (AvgIpc) is 3.03. The third-order valence-corrected chi connectivity index (χ3v) is 4.68. The standard InChI is InChI=1S/C18H24N2O4/c1-15(21)20(13-16-5-3-2-4-6-16)14-17(22)19-9-7-18(8-10-19)23-11-12-24-18/h2-6H,7-14H2,1H3. The number of rotatable bonds is 4. The molecular weight excluding hydrogens is 308 g/mol. The van der Waals surface area contributed by atoms with Crippen LogP contribution in [0.3, 0.4) is 0 Å². The van der Waals surface area contributed by atoms with Gasteiger partial charge in [0.2, 0.25) is 11.8 Å². The number of benzene rings is 1. The molecule has 24 heavy (non-hydrogen) atoms. The fourth-order valence-electron chi connectivity index (χ4n) is 3.23. The molecule has 1 aromatic rings. The summed E-state index contributed by atoms with van der Waals surface area (Å²) in [6.07, 6.45) is 1.38. The predicted molar refractivity (Wildman–Crippen MR) is 88.0 cm³/mol. The molecule has 0 bridgehead atoms. The van der Waals surface area contributed by atoms with Crippen LogP contribution in [0.2, 0.25) is 0 Å². The number of carbonyl (C=O) groups is 2. The molecule has 2 saturated heterocycles. The van der Waals surface area contributed by atoms with Gasteiger partial charge in [-0.3, -0.25) is 9.59 Å². The quantitative estimate of drug-likeness (QED) is 0.836. The monoisotopic (exact) mass is 332 g/mol. The van der Waals surface area contributed by atoms with E-state index in [9.17, 15) is 9.59 Å². The fraction of sp³-hybridized carbons (Fsp3) is 0.556. The first-order valence-electron chi connectivity index (χ1n) is 8.43. The van der Waals surface area contributed by atoms with Crippen molar-refractivity contribution in [1.29, 1.82) is 0 Å². The topological polar surface area (TPSA) is 59.1 Å². The number of ether oxygens (including phenoxy) is 2. The normalized spacial score (nSPS) is 19.5. The van der Waals surface area contributed by atoms with Crippen molar-refractivity contribution >= 4 is 11.8 Å². The van der Waals surface area contributed by atoms with Gasteiger partial charge in [-0.25, -0.2) is 0 Å². The first-order valence-corrected chi connectivity index (χ1v) is 8.43. The van der Waals surface area contributed by atoms with Crippen molar-refractivity contribution in [2.75, 3.05) is 32.8 Å². The summed E-state index contributed by atoms with van der Waals surface area (Å²) < 4.78 is 11.4. The van der Waals surface area contributed by atoms with Gasteiger partial charge in [0.05, 0.1) is 13.2 Å². The fourth-order valence-corrected chi connectivity index (χ4v) is 3.23. The van der Waals surface area contributed by atoms with Crippen molar-refractivity contribution in [3.63, 3.8) is 0 Å². The summed E-state index contributed by atoms with van der Waals surface area (Å²) in [6, 6.07) is 9.71. The van der Waals surface area contributed by atoms with Crippen LogP contribution in [0.15, 0.2) is 30.3 Å². The lowest BCUT2D eigenvalue weighted by Gasteiger charge is -2.38. The summed E-state index contributed by atoms with van der Waals surface area (Å²) in [5, 5.41) is 0. The second-order valence-corrected chi connectivity index (χ2v) is 6.35. The highest BCUT2D eigenvalue weighted by Gasteiger charge is 2.40. The molecule has 1 spiro atoms. The molecule has 0 atom stereocenters. The van der Waals surface area contributed by atoms with E-state index in [0.717, 1.165) is 5.56 Å². The van der Waals surface area contributed by atoms with Gasteiger partial charge in [0.1, 0.15) is 6.54 Å². The van der Waals surface area contributed by atoms with Gasteiger partial charge >= 0.3 is 0 Å². The van der Waals surface area contributed by atoms with Gasteiger partial charge in [-0.05, 0) is 5.56 Å². The van der Waals surface area contributed by atoms with E-state index in [4.69, 9.17) is 9.47 Å². The summed E-state index contributed by atoms with van der Waals surface area (Å²) >= 11 is 0. The Hall–Kier alpha value is -1.92. The number of hydrogen-bond acceptors (Lipinski definition) is 4. The van der Waals surface area contributed by atoms with E-state index in [2.05, 4.69) is 0 Å². The van der Waals surface area contributed by atoms with Crippen LogP contribution in [0.1, 0.15) is 25.3 Å². The lowest BCUT2D eigenvalue weighted by atomic mass is 10.0. The second kappa shape index (κ2) is 7.32. The van der Waals surface area contributed by atoms with E-state index in [1.165, 1.54) is 6.92 Å². The van der Waals surface area contributed by atoms with Gasteiger partial charge in [0, 0.05) is 39.4 Å². The van der Waals surface area contributed by atoms with Crippen molar-refractivity contribution in [1.82, 2.24) is 9.80 Å². The highest BCUT2D eigenvalue weighted by molar-refractivity contribution is 5.83. The molecule has 0 unspecified atom stereocenters. The molecule has 130 valence electrons. The summed E-state index contributed by atoms with van der Waals surface area (Å²) in [7, 11) is 0. The number of likely N-dealkylation sites (tertiary alicyclic amines) is 1. The molecule has 1 aromatic carbocycles.